The molecule has 0 radical (unpaired) electrons. The summed E-state index contributed by atoms with van der Waals surface area (Å²) in [4.78, 5) is 4.06. The van der Waals surface area contributed by atoms with E-state index in [1.165, 1.54) is 0 Å². The van der Waals surface area contributed by atoms with Crippen LogP contribution in [-0.2, 0) is 6.54 Å². The summed E-state index contributed by atoms with van der Waals surface area (Å²) in [6.45, 7) is 0.698. The van der Waals surface area contributed by atoms with Crippen LogP contribution in [0.2, 0.25) is 0 Å². The van der Waals surface area contributed by atoms with Gasteiger partial charge in [-0.05, 0) is 28.8 Å². The van der Waals surface area contributed by atoms with E-state index in [0.29, 0.717) is 12.1 Å². The van der Waals surface area contributed by atoms with E-state index < -0.39 is 0 Å². The van der Waals surface area contributed by atoms with Crippen LogP contribution in [0.15, 0.2) is 67.3 Å². The lowest BCUT2D eigenvalue weighted by Gasteiger charge is -2.08. The Morgan fingerprint density at radius 2 is 1.95 bits per heavy atom. The molecule has 2 aromatic carbocycles. The lowest BCUT2D eigenvalue weighted by Crippen LogP contribution is -1.99. The van der Waals surface area contributed by atoms with Gasteiger partial charge >= 0.3 is 0 Å². The molecular weight excluding hydrogens is 270 g/mol. The van der Waals surface area contributed by atoms with Crippen molar-refractivity contribution in [3.05, 3.63) is 89.5 Å². The molecule has 0 atom stereocenters. The zero-order valence-corrected chi connectivity index (χ0v) is 12.1. The van der Waals surface area contributed by atoms with Crippen molar-refractivity contribution in [3.63, 3.8) is 0 Å². The Morgan fingerprint density at radius 3 is 2.68 bits per heavy atom. The number of hydrogen-bond donors (Lipinski definition) is 0. The lowest BCUT2D eigenvalue weighted by atomic mass is 10.0. The van der Waals surface area contributed by atoms with Gasteiger partial charge in [-0.15, -0.1) is 0 Å². The van der Waals surface area contributed by atoms with Crippen molar-refractivity contribution < 1.29 is 0 Å². The molecule has 0 aliphatic rings. The number of rotatable bonds is 4. The van der Waals surface area contributed by atoms with Crippen molar-refractivity contribution in [3.8, 4) is 6.07 Å². The van der Waals surface area contributed by atoms with Crippen LogP contribution in [-0.4, -0.2) is 9.55 Å². The van der Waals surface area contributed by atoms with Crippen LogP contribution in [0.3, 0.4) is 0 Å². The van der Waals surface area contributed by atoms with Crippen LogP contribution in [0, 0.1) is 11.3 Å². The van der Waals surface area contributed by atoms with Crippen LogP contribution in [0.5, 0.6) is 0 Å². The molecule has 0 fully saturated rings. The molecule has 0 saturated carbocycles. The number of benzene rings is 2. The van der Waals surface area contributed by atoms with Crippen LogP contribution >= 0.6 is 0 Å². The first kappa shape index (κ1) is 13.8. The molecule has 22 heavy (non-hydrogen) atoms. The maximum Gasteiger partial charge on any atom is 0.0991 e. The van der Waals surface area contributed by atoms with E-state index in [9.17, 15) is 0 Å². The maximum atomic E-state index is 9.10. The highest BCUT2D eigenvalue weighted by atomic mass is 15.0. The van der Waals surface area contributed by atoms with Crippen molar-refractivity contribution >= 4 is 12.2 Å². The number of imidazole rings is 1. The summed E-state index contributed by atoms with van der Waals surface area (Å²) in [7, 11) is 0. The first-order chi connectivity index (χ1) is 10.8. The van der Waals surface area contributed by atoms with Crippen molar-refractivity contribution in [2.24, 2.45) is 0 Å². The maximum absolute atomic E-state index is 9.10. The molecule has 3 nitrogen and oxygen atoms in total. The van der Waals surface area contributed by atoms with E-state index in [1.807, 2.05) is 47.2 Å². The summed E-state index contributed by atoms with van der Waals surface area (Å²) >= 11 is 0. The third-order valence-corrected chi connectivity index (χ3v) is 3.44. The summed E-state index contributed by atoms with van der Waals surface area (Å²) in [6.07, 6.45) is 9.63. The van der Waals surface area contributed by atoms with E-state index in [-0.39, 0.29) is 0 Å². The molecule has 3 rings (SSSR count). The van der Waals surface area contributed by atoms with E-state index in [1.54, 1.807) is 12.5 Å². The number of hydrogen-bond acceptors (Lipinski definition) is 2. The minimum atomic E-state index is 0.673. The van der Waals surface area contributed by atoms with Gasteiger partial charge in [0.1, 0.15) is 0 Å². The first-order valence-corrected chi connectivity index (χ1v) is 7.07. The number of nitrogens with zero attached hydrogens (tertiary/aromatic N) is 3. The summed E-state index contributed by atoms with van der Waals surface area (Å²) in [5.41, 5.74) is 4.04. The van der Waals surface area contributed by atoms with Gasteiger partial charge in [0.05, 0.1) is 18.0 Å². The molecule has 0 aliphatic heterocycles. The fourth-order valence-corrected chi connectivity index (χ4v) is 2.30. The summed E-state index contributed by atoms with van der Waals surface area (Å²) in [6, 6.07) is 18.1. The first-order valence-electron chi connectivity index (χ1n) is 7.07. The monoisotopic (exact) mass is 285 g/mol. The van der Waals surface area contributed by atoms with Crippen molar-refractivity contribution in [2.75, 3.05) is 0 Å². The average molecular weight is 285 g/mol. The van der Waals surface area contributed by atoms with Gasteiger partial charge in [-0.2, -0.15) is 5.26 Å². The minimum Gasteiger partial charge on any atom is -0.333 e. The fraction of sp³-hybridized carbons (Fsp3) is 0.0526. The highest BCUT2D eigenvalue weighted by Crippen LogP contribution is 2.17. The average Bonchev–Trinajstić information content (AvgIpc) is 3.07. The summed E-state index contributed by atoms with van der Waals surface area (Å²) in [5.74, 6) is 0. The molecule has 106 valence electrons. The van der Waals surface area contributed by atoms with E-state index >= 15 is 0 Å². The Morgan fingerprint density at radius 1 is 1.09 bits per heavy atom. The van der Waals surface area contributed by atoms with Gasteiger partial charge in [0.25, 0.3) is 0 Å². The second-order valence-corrected chi connectivity index (χ2v) is 5.00. The molecule has 0 amide bonds. The zero-order chi connectivity index (χ0) is 15.2. The van der Waals surface area contributed by atoms with Crippen LogP contribution in [0.25, 0.3) is 12.2 Å². The van der Waals surface area contributed by atoms with Crippen LogP contribution in [0.4, 0.5) is 0 Å². The fourth-order valence-electron chi connectivity index (χ4n) is 2.30. The van der Waals surface area contributed by atoms with E-state index in [4.69, 9.17) is 5.26 Å². The second kappa shape index (κ2) is 6.55. The third kappa shape index (κ3) is 3.31. The predicted octanol–water partition coefficient (Wildman–Crippen LogP) is 3.97. The van der Waals surface area contributed by atoms with Gasteiger partial charge in [-0.1, -0.05) is 48.6 Å². The zero-order valence-electron chi connectivity index (χ0n) is 12.1. The summed E-state index contributed by atoms with van der Waals surface area (Å²) in [5, 5.41) is 9.10. The van der Waals surface area contributed by atoms with Gasteiger partial charge in [0.2, 0.25) is 0 Å². The summed E-state index contributed by atoms with van der Waals surface area (Å²) < 4.78 is 2.00. The molecular formula is C19H15N3. The largest absolute Gasteiger partial charge is 0.333 e. The lowest BCUT2D eigenvalue weighted by molar-refractivity contribution is 0.796. The van der Waals surface area contributed by atoms with Gasteiger partial charge in [0.15, 0.2) is 0 Å². The molecule has 0 saturated heterocycles. The quantitative estimate of drug-likeness (QED) is 0.680. The van der Waals surface area contributed by atoms with Crippen LogP contribution in [0.1, 0.15) is 22.3 Å². The van der Waals surface area contributed by atoms with Gasteiger partial charge in [0, 0.05) is 18.9 Å². The topological polar surface area (TPSA) is 41.6 Å². The smallest absolute Gasteiger partial charge is 0.0991 e. The highest BCUT2D eigenvalue weighted by Gasteiger charge is 2.03. The molecule has 3 aromatic rings. The normalized spacial score (nSPS) is 10.7. The Hall–Kier alpha value is -3.12. The van der Waals surface area contributed by atoms with Gasteiger partial charge in [-0.3, -0.25) is 0 Å². The molecule has 0 N–H and O–H groups in total. The van der Waals surface area contributed by atoms with Crippen molar-refractivity contribution in [2.45, 2.75) is 6.54 Å². The molecule has 1 heterocycles. The standard InChI is InChI=1S/C19H15N3/c20-13-17-7-9-18(8-6-16-4-2-1-3-5-16)19(12-17)14-22-11-10-21-15-22/h1-12,15H,14H2. The molecule has 0 unspecified atom stereocenters. The van der Waals surface area contributed by atoms with E-state index in [0.717, 1.165) is 16.7 Å². The van der Waals surface area contributed by atoms with Crippen molar-refractivity contribution in [1.82, 2.24) is 9.55 Å². The molecule has 1 aromatic heterocycles. The molecule has 3 heteroatoms. The highest BCUT2D eigenvalue weighted by molar-refractivity contribution is 5.71. The van der Waals surface area contributed by atoms with E-state index in [2.05, 4.69) is 35.3 Å². The van der Waals surface area contributed by atoms with Crippen LogP contribution < -0.4 is 0 Å². The minimum absolute atomic E-state index is 0.673. The third-order valence-electron chi connectivity index (χ3n) is 3.44. The van der Waals surface area contributed by atoms with Gasteiger partial charge < -0.3 is 4.57 Å². The Bertz CT molecular complexity index is 810. The van der Waals surface area contributed by atoms with Crippen molar-refractivity contribution in [1.29, 1.82) is 5.26 Å². The van der Waals surface area contributed by atoms with Gasteiger partial charge in [-0.25, -0.2) is 4.98 Å². The predicted molar refractivity (Wildman–Crippen MR) is 87.9 cm³/mol. The number of nitriles is 1. The Balaban J connectivity index is 1.93. The SMILES string of the molecule is N#Cc1ccc(C=Cc2ccccc2)c(Cn2ccnc2)c1. The number of aromatic nitrogens is 2. The Kier molecular flexibility index (Phi) is 4.12. The molecule has 0 aliphatic carbocycles. The Labute approximate surface area is 129 Å². The molecule has 0 spiro atoms. The second-order valence-electron chi connectivity index (χ2n) is 5.00. The molecule has 0 bridgehead atoms.